The molecule has 0 amide bonds. The van der Waals surface area contributed by atoms with Gasteiger partial charge < -0.3 is 14.2 Å². The largest absolute Gasteiger partial charge is 0.493 e. The average molecular weight is 385 g/mol. The predicted octanol–water partition coefficient (Wildman–Crippen LogP) is 3.72. The van der Waals surface area contributed by atoms with Crippen LogP contribution in [0.25, 0.3) is 6.08 Å². The summed E-state index contributed by atoms with van der Waals surface area (Å²) < 4.78 is 15.5. The first-order chi connectivity index (χ1) is 12.9. The Kier molecular flexibility index (Phi) is 7.15. The zero-order valence-corrected chi connectivity index (χ0v) is 16.1. The first-order valence-electron chi connectivity index (χ1n) is 8.07. The van der Waals surface area contributed by atoms with E-state index in [1.165, 1.54) is 24.5 Å². The normalized spacial score (nSPS) is 10.4. The van der Waals surface area contributed by atoms with Crippen LogP contribution >= 0.6 is 11.3 Å². The fourth-order valence-electron chi connectivity index (χ4n) is 2.35. The lowest BCUT2D eigenvalue weighted by Gasteiger charge is -2.08. The zero-order chi connectivity index (χ0) is 19.8. The predicted molar refractivity (Wildman–Crippen MR) is 102 cm³/mol. The number of carbonyl (C=O) groups is 2. The van der Waals surface area contributed by atoms with Gasteiger partial charge in [0, 0.05) is 21.4 Å². The molecule has 0 aliphatic rings. The van der Waals surface area contributed by atoms with Crippen molar-refractivity contribution in [3.05, 3.63) is 51.2 Å². The molecular formula is C20H19NO5S. The van der Waals surface area contributed by atoms with Crippen molar-refractivity contribution in [2.45, 2.75) is 13.8 Å². The summed E-state index contributed by atoms with van der Waals surface area (Å²) in [5.74, 6) is 0.0426. The number of thiophene rings is 1. The summed E-state index contributed by atoms with van der Waals surface area (Å²) in [5.41, 5.74) is 1.27. The van der Waals surface area contributed by atoms with Crippen molar-refractivity contribution >= 4 is 29.2 Å². The highest BCUT2D eigenvalue weighted by Crippen LogP contribution is 2.28. The Labute approximate surface area is 161 Å². The molecular weight excluding hydrogens is 366 g/mol. The van der Waals surface area contributed by atoms with Gasteiger partial charge in [-0.2, -0.15) is 5.26 Å². The monoisotopic (exact) mass is 385 g/mol. The van der Waals surface area contributed by atoms with E-state index in [-0.39, 0.29) is 19.0 Å². The van der Waals surface area contributed by atoms with Crippen LogP contribution in [0.5, 0.6) is 11.5 Å². The van der Waals surface area contributed by atoms with Crippen LogP contribution in [-0.4, -0.2) is 32.1 Å². The topological polar surface area (TPSA) is 85.6 Å². The average Bonchev–Trinajstić information content (AvgIpc) is 3.01. The molecule has 27 heavy (non-hydrogen) atoms. The molecule has 2 aromatic rings. The van der Waals surface area contributed by atoms with Crippen LogP contribution in [0.3, 0.4) is 0 Å². The molecule has 1 heterocycles. The number of rotatable bonds is 8. The van der Waals surface area contributed by atoms with Crippen molar-refractivity contribution in [2.24, 2.45) is 0 Å². The molecule has 0 aliphatic heterocycles. The van der Waals surface area contributed by atoms with Gasteiger partial charge in [0.15, 0.2) is 24.7 Å². The van der Waals surface area contributed by atoms with Crippen molar-refractivity contribution < 1.29 is 23.8 Å². The number of hydrogen-bond acceptors (Lipinski definition) is 7. The third kappa shape index (κ3) is 5.69. The minimum absolute atomic E-state index is 0.0883. The molecule has 6 nitrogen and oxygen atoms in total. The number of hydrogen-bond donors (Lipinski definition) is 0. The summed E-state index contributed by atoms with van der Waals surface area (Å²) in [5, 5.41) is 8.57. The molecule has 0 saturated heterocycles. The maximum absolute atomic E-state index is 12.1. The molecule has 0 radical (unpaired) electrons. The van der Waals surface area contributed by atoms with Gasteiger partial charge in [0.1, 0.15) is 6.07 Å². The third-order valence-corrected chi connectivity index (χ3v) is 4.54. The molecule has 0 spiro atoms. The number of ketones is 1. The minimum Gasteiger partial charge on any atom is -0.493 e. The Morgan fingerprint density at radius 3 is 2.63 bits per heavy atom. The van der Waals surface area contributed by atoms with Crippen LogP contribution in [0.2, 0.25) is 0 Å². The Morgan fingerprint density at radius 2 is 2.00 bits per heavy atom. The Balaban J connectivity index is 1.95. The molecule has 0 N–H and O–H groups in total. The van der Waals surface area contributed by atoms with Gasteiger partial charge in [0.05, 0.1) is 7.11 Å². The van der Waals surface area contributed by atoms with E-state index in [0.717, 1.165) is 9.75 Å². The summed E-state index contributed by atoms with van der Waals surface area (Å²) in [6, 6.07) is 8.70. The van der Waals surface area contributed by atoms with Crippen LogP contribution < -0.4 is 9.47 Å². The highest BCUT2D eigenvalue weighted by molar-refractivity contribution is 7.12. The van der Waals surface area contributed by atoms with Gasteiger partial charge in [-0.25, -0.2) is 4.79 Å². The Morgan fingerprint density at radius 1 is 1.22 bits per heavy atom. The van der Waals surface area contributed by atoms with Gasteiger partial charge >= 0.3 is 5.97 Å². The first kappa shape index (κ1) is 20.2. The zero-order valence-electron chi connectivity index (χ0n) is 15.3. The van der Waals surface area contributed by atoms with Gasteiger partial charge in [-0.05, 0) is 43.7 Å². The molecule has 0 unspecified atom stereocenters. The minimum atomic E-state index is -0.614. The quantitative estimate of drug-likeness (QED) is 0.391. The van der Waals surface area contributed by atoms with Crippen molar-refractivity contribution in [1.82, 2.24) is 0 Å². The van der Waals surface area contributed by atoms with E-state index in [1.807, 2.05) is 19.9 Å². The van der Waals surface area contributed by atoms with E-state index in [9.17, 15) is 9.59 Å². The lowest BCUT2D eigenvalue weighted by atomic mass is 10.2. The summed E-state index contributed by atoms with van der Waals surface area (Å²) in [4.78, 5) is 25.9. The van der Waals surface area contributed by atoms with E-state index < -0.39 is 5.97 Å². The van der Waals surface area contributed by atoms with Crippen LogP contribution in [0, 0.1) is 25.2 Å². The molecule has 7 heteroatoms. The molecule has 1 aromatic heterocycles. The van der Waals surface area contributed by atoms with E-state index in [0.29, 0.717) is 22.6 Å². The Hall–Kier alpha value is -3.11. The molecule has 0 bridgehead atoms. The number of carbonyl (C=O) groups excluding carboxylic acids is 2. The number of nitriles is 1. The third-order valence-electron chi connectivity index (χ3n) is 3.58. The van der Waals surface area contributed by atoms with Gasteiger partial charge in [-0.3, -0.25) is 4.79 Å². The van der Waals surface area contributed by atoms with Crippen molar-refractivity contribution in [2.75, 3.05) is 20.3 Å². The first-order valence-corrected chi connectivity index (χ1v) is 8.89. The molecule has 0 aliphatic carbocycles. The van der Waals surface area contributed by atoms with E-state index in [1.54, 1.807) is 30.3 Å². The van der Waals surface area contributed by atoms with E-state index >= 15 is 0 Å². The lowest BCUT2D eigenvalue weighted by molar-refractivity contribution is -0.136. The summed E-state index contributed by atoms with van der Waals surface area (Å²) >= 11 is 1.53. The smallest absolute Gasteiger partial charge is 0.331 e. The standard InChI is InChI=1S/C20H19NO5S/c1-13-10-16(14(2)27-13)17(22)12-26-20(23)7-5-15-4-6-18(25-9-8-21)19(11-15)24-3/h4-7,10-11H,9,12H2,1-3H3/b7-5+. The number of ether oxygens (including phenoxy) is 3. The van der Waals surface area contributed by atoms with Crippen molar-refractivity contribution in [3.8, 4) is 17.6 Å². The maximum atomic E-state index is 12.1. The second-order valence-electron chi connectivity index (χ2n) is 5.55. The number of aryl methyl sites for hydroxylation is 2. The van der Waals surface area contributed by atoms with Crippen LogP contribution in [0.4, 0.5) is 0 Å². The SMILES string of the molecule is COc1cc(/C=C/C(=O)OCC(=O)c2cc(C)sc2C)ccc1OCC#N. The van der Waals surface area contributed by atoms with Gasteiger partial charge in [0.2, 0.25) is 5.78 Å². The van der Waals surface area contributed by atoms with E-state index in [4.69, 9.17) is 19.5 Å². The second kappa shape index (κ2) is 9.55. The number of Topliss-reactive ketones (excluding diaryl/α,β-unsaturated/α-hetero) is 1. The van der Waals surface area contributed by atoms with Gasteiger partial charge in [-0.1, -0.05) is 6.07 Å². The van der Waals surface area contributed by atoms with Crippen LogP contribution in [0.15, 0.2) is 30.3 Å². The lowest BCUT2D eigenvalue weighted by Crippen LogP contribution is -2.12. The fourth-order valence-corrected chi connectivity index (χ4v) is 3.29. The highest BCUT2D eigenvalue weighted by Gasteiger charge is 2.13. The number of nitrogens with zero attached hydrogens (tertiary/aromatic N) is 1. The van der Waals surface area contributed by atoms with Crippen LogP contribution in [-0.2, 0) is 9.53 Å². The molecule has 0 fully saturated rings. The molecule has 2 rings (SSSR count). The molecule has 0 atom stereocenters. The second-order valence-corrected chi connectivity index (χ2v) is 7.01. The Bertz CT molecular complexity index is 908. The van der Waals surface area contributed by atoms with Crippen LogP contribution in [0.1, 0.15) is 25.7 Å². The molecule has 140 valence electrons. The fraction of sp³-hybridized carbons (Fsp3) is 0.250. The highest BCUT2D eigenvalue weighted by atomic mass is 32.1. The van der Waals surface area contributed by atoms with Gasteiger partial charge in [-0.15, -0.1) is 11.3 Å². The number of benzene rings is 1. The van der Waals surface area contributed by atoms with E-state index in [2.05, 4.69) is 0 Å². The maximum Gasteiger partial charge on any atom is 0.331 e. The molecule has 1 aromatic carbocycles. The number of methoxy groups -OCH3 is 1. The summed E-state index contributed by atoms with van der Waals surface area (Å²) in [6.07, 6.45) is 2.78. The van der Waals surface area contributed by atoms with Gasteiger partial charge in [0.25, 0.3) is 0 Å². The van der Waals surface area contributed by atoms with Crippen molar-refractivity contribution in [3.63, 3.8) is 0 Å². The summed E-state index contributed by atoms with van der Waals surface area (Å²) in [7, 11) is 1.48. The molecule has 0 saturated carbocycles. The summed E-state index contributed by atoms with van der Waals surface area (Å²) in [6.45, 7) is 3.40. The number of esters is 1. The van der Waals surface area contributed by atoms with Crippen molar-refractivity contribution in [1.29, 1.82) is 5.26 Å².